The van der Waals surface area contributed by atoms with E-state index in [4.69, 9.17) is 32.8 Å². The monoisotopic (exact) mass is 585 g/mol. The van der Waals surface area contributed by atoms with Crippen LogP contribution in [0.2, 0.25) is 10.0 Å². The zero-order valence-electron chi connectivity index (χ0n) is 22.3. The molecule has 4 aromatic rings. The minimum absolute atomic E-state index is 0.0686. The zero-order chi connectivity index (χ0) is 28.4. The Morgan fingerprint density at radius 2 is 1.85 bits per heavy atom. The fraction of sp³-hybridized carbons (Fsp3) is 0.333. The van der Waals surface area contributed by atoms with Crippen LogP contribution < -0.4 is 15.7 Å². The molecule has 210 valence electrons. The smallest absolute Gasteiger partial charge is 0.293 e. The molecule has 40 heavy (non-hydrogen) atoms. The summed E-state index contributed by atoms with van der Waals surface area (Å²) in [6.07, 6.45) is 1.57. The Balaban J connectivity index is 1.39. The molecule has 3 aromatic heterocycles. The molecule has 4 heterocycles. The number of aromatic nitrogens is 4. The highest BCUT2D eigenvalue weighted by Gasteiger charge is 2.24. The normalized spacial score (nSPS) is 14.1. The lowest BCUT2D eigenvalue weighted by molar-refractivity contribution is 0.0589. The molecule has 1 saturated heterocycles. The molecule has 13 heteroatoms. The van der Waals surface area contributed by atoms with E-state index in [2.05, 4.69) is 25.2 Å². The molecule has 0 unspecified atom stereocenters. The van der Waals surface area contributed by atoms with E-state index in [0.29, 0.717) is 52.1 Å². The van der Waals surface area contributed by atoms with E-state index >= 15 is 0 Å². The number of pyridine rings is 1. The Morgan fingerprint density at radius 3 is 2.52 bits per heavy atom. The van der Waals surface area contributed by atoms with Crippen molar-refractivity contribution in [2.45, 2.75) is 6.92 Å². The van der Waals surface area contributed by atoms with Gasteiger partial charge in [-0.1, -0.05) is 29.3 Å². The van der Waals surface area contributed by atoms with Gasteiger partial charge in [-0.25, -0.2) is 4.98 Å². The van der Waals surface area contributed by atoms with Gasteiger partial charge in [0.05, 0.1) is 27.9 Å². The first-order valence-electron chi connectivity index (χ1n) is 12.7. The minimum atomic E-state index is -0.470. The largest absolute Gasteiger partial charge is 0.412 e. The first kappa shape index (κ1) is 27.9. The third-order valence-electron chi connectivity index (χ3n) is 6.88. The van der Waals surface area contributed by atoms with E-state index in [1.807, 2.05) is 11.8 Å². The molecule has 1 aliphatic heterocycles. The minimum Gasteiger partial charge on any atom is -0.412 e. The van der Waals surface area contributed by atoms with E-state index in [1.165, 1.54) is 7.11 Å². The average Bonchev–Trinajstić information content (AvgIpc) is 3.31. The van der Waals surface area contributed by atoms with E-state index in [1.54, 1.807) is 43.6 Å². The van der Waals surface area contributed by atoms with Gasteiger partial charge in [0, 0.05) is 62.7 Å². The molecule has 11 nitrogen and oxygen atoms in total. The van der Waals surface area contributed by atoms with Crippen molar-refractivity contribution in [3.8, 4) is 11.1 Å². The van der Waals surface area contributed by atoms with Crippen molar-refractivity contribution in [3.05, 3.63) is 68.3 Å². The highest BCUT2D eigenvalue weighted by Crippen LogP contribution is 2.34. The highest BCUT2D eigenvalue weighted by atomic mass is 35.5. The Kier molecular flexibility index (Phi) is 8.27. The summed E-state index contributed by atoms with van der Waals surface area (Å²) >= 11 is 12.7. The number of H-pyrrole nitrogens is 1. The number of nitrogens with zero attached hydrogens (tertiary/aromatic N) is 5. The second kappa shape index (κ2) is 11.8. The zero-order valence-corrected chi connectivity index (χ0v) is 23.8. The van der Waals surface area contributed by atoms with Crippen LogP contribution in [0, 0.1) is 6.92 Å². The van der Waals surface area contributed by atoms with Gasteiger partial charge in [-0.3, -0.25) is 14.5 Å². The van der Waals surface area contributed by atoms with Gasteiger partial charge in [0.2, 0.25) is 5.95 Å². The van der Waals surface area contributed by atoms with Gasteiger partial charge in [0.15, 0.2) is 5.65 Å². The number of halogens is 2. The van der Waals surface area contributed by atoms with Gasteiger partial charge in [0.25, 0.3) is 11.5 Å². The van der Waals surface area contributed by atoms with Crippen LogP contribution in [0.1, 0.15) is 16.2 Å². The number of anilines is 2. The third kappa shape index (κ3) is 5.50. The predicted molar refractivity (Wildman–Crippen MR) is 155 cm³/mol. The number of hydrogen-bond acceptors (Lipinski definition) is 8. The number of ether oxygens (including phenoxy) is 1. The predicted octanol–water partition coefficient (Wildman–Crippen LogP) is 3.61. The number of rotatable bonds is 8. The fourth-order valence-electron chi connectivity index (χ4n) is 4.72. The van der Waals surface area contributed by atoms with E-state index in [9.17, 15) is 9.59 Å². The SMILES string of the molecule is COCCN1CCN(C(=O)c2cc(Nc3ncc4cc(-c5c(Cl)cccc5Cl)c(=O)n(OC)c4n3)c(C)[nH]2)CC1. The summed E-state index contributed by atoms with van der Waals surface area (Å²) in [6.45, 7) is 6.28. The molecule has 0 radical (unpaired) electrons. The number of fused-ring (bicyclic) bond motifs is 1. The maximum atomic E-state index is 13.3. The van der Waals surface area contributed by atoms with Crippen LogP contribution >= 0.6 is 23.2 Å². The van der Waals surface area contributed by atoms with Crippen molar-refractivity contribution in [3.63, 3.8) is 0 Å². The Hall–Kier alpha value is -3.64. The number of piperazine rings is 1. The van der Waals surface area contributed by atoms with E-state index in [0.717, 1.165) is 30.1 Å². The lowest BCUT2D eigenvalue weighted by Gasteiger charge is -2.34. The summed E-state index contributed by atoms with van der Waals surface area (Å²) in [4.78, 5) is 48.1. The van der Waals surface area contributed by atoms with Crippen LogP contribution in [0.5, 0.6) is 0 Å². The average molecular weight is 586 g/mol. The van der Waals surface area contributed by atoms with Crippen LogP contribution in [0.25, 0.3) is 22.2 Å². The van der Waals surface area contributed by atoms with Gasteiger partial charge in [-0.2, -0.15) is 4.98 Å². The van der Waals surface area contributed by atoms with Crippen LogP contribution in [-0.4, -0.2) is 88.9 Å². The molecule has 0 atom stereocenters. The number of aromatic amines is 1. The lowest BCUT2D eigenvalue weighted by atomic mass is 10.1. The maximum absolute atomic E-state index is 13.3. The van der Waals surface area contributed by atoms with Crippen LogP contribution in [0.4, 0.5) is 11.6 Å². The molecule has 1 aliphatic rings. The third-order valence-corrected chi connectivity index (χ3v) is 7.51. The fourth-order valence-corrected chi connectivity index (χ4v) is 5.32. The summed E-state index contributed by atoms with van der Waals surface area (Å²) in [5, 5.41) is 4.37. The second-order valence-corrected chi connectivity index (χ2v) is 10.2. The summed E-state index contributed by atoms with van der Waals surface area (Å²) in [7, 11) is 3.06. The molecule has 1 amide bonds. The topological polar surface area (TPSA) is 118 Å². The molecule has 5 rings (SSSR count). The highest BCUT2D eigenvalue weighted by molar-refractivity contribution is 6.39. The number of hydrogen-bond donors (Lipinski definition) is 2. The first-order valence-corrected chi connectivity index (χ1v) is 13.4. The molecule has 0 bridgehead atoms. The Morgan fingerprint density at radius 1 is 1.12 bits per heavy atom. The number of carbonyl (C=O) groups is 1. The Bertz CT molecular complexity index is 1590. The molecule has 0 spiro atoms. The van der Waals surface area contributed by atoms with Crippen molar-refractivity contribution in [2.75, 3.05) is 58.9 Å². The molecular weight excluding hydrogens is 557 g/mol. The number of aryl methyl sites for hydroxylation is 1. The molecule has 2 N–H and O–H groups in total. The number of nitrogens with one attached hydrogen (secondary N) is 2. The molecule has 1 aromatic carbocycles. The van der Waals surface area contributed by atoms with E-state index in [-0.39, 0.29) is 23.1 Å². The second-order valence-electron chi connectivity index (χ2n) is 9.38. The van der Waals surface area contributed by atoms with Crippen molar-refractivity contribution in [2.24, 2.45) is 0 Å². The van der Waals surface area contributed by atoms with Crippen molar-refractivity contribution >= 4 is 51.8 Å². The standard InChI is InChI=1S/C27H29Cl2N7O4/c1-16-21(14-22(31-16)26(38)35-9-7-34(8-10-35)11-12-39-2)32-27-30-15-17-13-18(23-19(28)5-4-6-20(23)29)25(37)36(40-3)24(17)33-27/h4-6,13-15,31H,7-12H2,1-3H3,(H,30,32,33). The Labute approximate surface area is 240 Å². The maximum Gasteiger partial charge on any atom is 0.293 e. The quantitative estimate of drug-likeness (QED) is 0.322. The molecule has 0 saturated carbocycles. The van der Waals surface area contributed by atoms with Gasteiger partial charge in [-0.15, -0.1) is 4.73 Å². The van der Waals surface area contributed by atoms with Crippen LogP contribution in [0.15, 0.2) is 41.3 Å². The number of benzene rings is 1. The van der Waals surface area contributed by atoms with E-state index < -0.39 is 5.56 Å². The van der Waals surface area contributed by atoms with Crippen molar-refractivity contribution < 1.29 is 14.4 Å². The van der Waals surface area contributed by atoms with Crippen molar-refractivity contribution in [1.29, 1.82) is 0 Å². The summed E-state index contributed by atoms with van der Waals surface area (Å²) in [5.41, 5.74) is 2.32. The summed E-state index contributed by atoms with van der Waals surface area (Å²) in [6, 6.07) is 8.41. The number of amides is 1. The first-order chi connectivity index (χ1) is 19.3. The number of carbonyl (C=O) groups excluding carboxylic acids is 1. The van der Waals surface area contributed by atoms with Gasteiger partial charge >= 0.3 is 0 Å². The van der Waals surface area contributed by atoms with Gasteiger partial charge < -0.3 is 24.8 Å². The van der Waals surface area contributed by atoms with Gasteiger partial charge in [-0.05, 0) is 31.2 Å². The molecular formula is C27H29Cl2N7O4. The molecule has 1 fully saturated rings. The lowest BCUT2D eigenvalue weighted by Crippen LogP contribution is -2.49. The summed E-state index contributed by atoms with van der Waals surface area (Å²) < 4.78 is 6.22. The molecule has 0 aliphatic carbocycles. The summed E-state index contributed by atoms with van der Waals surface area (Å²) in [5.74, 6) is 0.162. The van der Waals surface area contributed by atoms with Crippen LogP contribution in [0.3, 0.4) is 0 Å². The van der Waals surface area contributed by atoms with Crippen molar-refractivity contribution in [1.82, 2.24) is 29.5 Å². The number of methoxy groups -OCH3 is 1. The van der Waals surface area contributed by atoms with Gasteiger partial charge in [0.1, 0.15) is 12.8 Å². The van der Waals surface area contributed by atoms with Crippen LogP contribution in [-0.2, 0) is 4.74 Å².